The third-order valence-electron chi connectivity index (χ3n) is 1.31. The molecule has 0 bridgehead atoms. The molecule has 0 heterocycles. The molecule has 0 atom stereocenters. The van der Waals surface area contributed by atoms with Crippen LogP contribution in [0.5, 0.6) is 5.75 Å². The number of hydrogen-bond acceptors (Lipinski definition) is 2. The van der Waals surface area contributed by atoms with E-state index in [1.165, 1.54) is 7.11 Å². The van der Waals surface area contributed by atoms with Gasteiger partial charge in [-0.05, 0) is 0 Å². The van der Waals surface area contributed by atoms with Crippen LogP contribution in [-0.4, -0.2) is 13.9 Å². The predicted molar refractivity (Wildman–Crippen MR) is 38.8 cm³/mol. The van der Waals surface area contributed by atoms with Crippen molar-refractivity contribution in [2.75, 3.05) is 13.9 Å². The van der Waals surface area contributed by atoms with Crippen LogP contribution in [0.3, 0.4) is 0 Å². The summed E-state index contributed by atoms with van der Waals surface area (Å²) in [6, 6.07) is 1.05. The highest BCUT2D eigenvalue weighted by Gasteiger charge is 2.10. The van der Waals surface area contributed by atoms with E-state index in [9.17, 15) is 13.2 Å². The van der Waals surface area contributed by atoms with Gasteiger partial charge < -0.3 is 9.47 Å². The Morgan fingerprint density at radius 2 is 1.69 bits per heavy atom. The predicted octanol–water partition coefficient (Wildman–Crippen LogP) is 2.09. The van der Waals surface area contributed by atoms with Gasteiger partial charge >= 0.3 is 0 Å². The van der Waals surface area contributed by atoms with Crippen molar-refractivity contribution in [2.45, 2.75) is 0 Å². The third-order valence-corrected chi connectivity index (χ3v) is 1.31. The quantitative estimate of drug-likeness (QED) is 0.539. The fraction of sp³-hybridized carbons (Fsp3) is 0.250. The molecule has 0 aromatic heterocycles. The minimum atomic E-state index is -1.25. The van der Waals surface area contributed by atoms with E-state index < -0.39 is 17.5 Å². The van der Waals surface area contributed by atoms with E-state index in [0.717, 1.165) is 0 Å². The molecule has 1 aromatic carbocycles. The van der Waals surface area contributed by atoms with Crippen LogP contribution in [0.2, 0.25) is 0 Å². The second-order valence-electron chi connectivity index (χ2n) is 2.25. The molecule has 0 saturated heterocycles. The molecule has 0 fully saturated rings. The molecular weight excluding hydrogens is 185 g/mol. The van der Waals surface area contributed by atoms with Gasteiger partial charge in [-0.1, -0.05) is 0 Å². The third kappa shape index (κ3) is 2.35. The van der Waals surface area contributed by atoms with Crippen LogP contribution in [-0.2, 0) is 4.74 Å². The average Bonchev–Trinajstić information content (AvgIpc) is 2.09. The zero-order valence-electron chi connectivity index (χ0n) is 6.81. The lowest BCUT2D eigenvalue weighted by Crippen LogP contribution is -2.02. The summed E-state index contributed by atoms with van der Waals surface area (Å²) in [5, 5.41) is 0. The van der Waals surface area contributed by atoms with Crippen LogP contribution < -0.4 is 4.74 Å². The van der Waals surface area contributed by atoms with Gasteiger partial charge in [-0.3, -0.25) is 0 Å². The largest absolute Gasteiger partial charge is 0.464 e. The standard InChI is InChI=1S/C8H7F3O2/c1-12-4-13-8-3-6(10)5(9)2-7(8)11/h2-3H,4H2,1H3. The molecule has 0 radical (unpaired) electrons. The molecule has 0 unspecified atom stereocenters. The highest BCUT2D eigenvalue weighted by Crippen LogP contribution is 2.20. The van der Waals surface area contributed by atoms with Gasteiger partial charge in [0.25, 0.3) is 0 Å². The molecule has 5 heteroatoms. The van der Waals surface area contributed by atoms with E-state index in [4.69, 9.17) is 0 Å². The fourth-order valence-corrected chi connectivity index (χ4v) is 0.737. The Morgan fingerprint density at radius 3 is 2.31 bits per heavy atom. The van der Waals surface area contributed by atoms with Crippen molar-refractivity contribution in [3.63, 3.8) is 0 Å². The van der Waals surface area contributed by atoms with Crippen LogP contribution >= 0.6 is 0 Å². The van der Waals surface area contributed by atoms with Gasteiger partial charge in [0.15, 0.2) is 30.0 Å². The van der Waals surface area contributed by atoms with E-state index >= 15 is 0 Å². The van der Waals surface area contributed by atoms with Crippen LogP contribution in [0.25, 0.3) is 0 Å². The molecule has 2 nitrogen and oxygen atoms in total. The highest BCUT2D eigenvalue weighted by molar-refractivity contribution is 5.25. The Labute approximate surface area is 72.9 Å². The van der Waals surface area contributed by atoms with Crippen LogP contribution in [0.15, 0.2) is 12.1 Å². The van der Waals surface area contributed by atoms with Crippen molar-refractivity contribution in [3.8, 4) is 5.75 Å². The van der Waals surface area contributed by atoms with E-state index in [2.05, 4.69) is 9.47 Å². The Balaban J connectivity index is 2.88. The average molecular weight is 192 g/mol. The molecule has 0 aliphatic carbocycles. The SMILES string of the molecule is COCOc1cc(F)c(F)cc1F. The molecule has 0 aliphatic heterocycles. The first-order valence-corrected chi connectivity index (χ1v) is 3.41. The summed E-state index contributed by atoms with van der Waals surface area (Å²) < 4.78 is 46.8. The summed E-state index contributed by atoms with van der Waals surface area (Å²) in [5.74, 6) is -3.74. The van der Waals surface area contributed by atoms with E-state index in [1.807, 2.05) is 0 Å². The smallest absolute Gasteiger partial charge is 0.188 e. The maximum atomic E-state index is 12.8. The molecule has 0 amide bonds. The number of benzene rings is 1. The number of halogens is 3. The zero-order valence-corrected chi connectivity index (χ0v) is 6.81. The number of ether oxygens (including phenoxy) is 2. The fourth-order valence-electron chi connectivity index (χ4n) is 0.737. The number of methoxy groups -OCH3 is 1. The Morgan fingerprint density at radius 1 is 1.08 bits per heavy atom. The summed E-state index contributed by atoms with van der Waals surface area (Å²) in [6.45, 7) is -0.220. The van der Waals surface area contributed by atoms with Crippen molar-refractivity contribution in [1.29, 1.82) is 0 Å². The van der Waals surface area contributed by atoms with Gasteiger partial charge in [-0.25, -0.2) is 13.2 Å². The van der Waals surface area contributed by atoms with E-state index in [0.29, 0.717) is 12.1 Å². The van der Waals surface area contributed by atoms with Crippen molar-refractivity contribution in [2.24, 2.45) is 0 Å². The normalized spacial score (nSPS) is 10.2. The second kappa shape index (κ2) is 4.13. The summed E-state index contributed by atoms with van der Waals surface area (Å²) >= 11 is 0. The van der Waals surface area contributed by atoms with E-state index in [-0.39, 0.29) is 12.5 Å². The lowest BCUT2D eigenvalue weighted by Gasteiger charge is -2.05. The summed E-state index contributed by atoms with van der Waals surface area (Å²) in [7, 11) is 1.33. The highest BCUT2D eigenvalue weighted by atomic mass is 19.2. The first-order valence-electron chi connectivity index (χ1n) is 3.41. The lowest BCUT2D eigenvalue weighted by atomic mass is 10.3. The van der Waals surface area contributed by atoms with Crippen LogP contribution in [0.4, 0.5) is 13.2 Å². The lowest BCUT2D eigenvalue weighted by molar-refractivity contribution is 0.0479. The minimum Gasteiger partial charge on any atom is -0.464 e. The summed E-state index contributed by atoms with van der Waals surface area (Å²) in [4.78, 5) is 0. The van der Waals surface area contributed by atoms with E-state index in [1.54, 1.807) is 0 Å². The summed E-state index contributed by atoms with van der Waals surface area (Å²) in [6.07, 6.45) is 0. The zero-order chi connectivity index (χ0) is 9.84. The Kier molecular flexibility index (Phi) is 3.13. The molecule has 0 saturated carbocycles. The van der Waals surface area contributed by atoms with Crippen molar-refractivity contribution >= 4 is 0 Å². The Bertz CT molecular complexity index is 302. The number of hydrogen-bond donors (Lipinski definition) is 0. The first-order chi connectivity index (χ1) is 6.15. The topological polar surface area (TPSA) is 18.5 Å². The molecular formula is C8H7F3O2. The second-order valence-corrected chi connectivity index (χ2v) is 2.25. The summed E-state index contributed by atoms with van der Waals surface area (Å²) in [5.41, 5.74) is 0. The van der Waals surface area contributed by atoms with Gasteiger partial charge in [0.1, 0.15) is 0 Å². The van der Waals surface area contributed by atoms with Crippen molar-refractivity contribution in [3.05, 3.63) is 29.6 Å². The first kappa shape index (κ1) is 9.85. The van der Waals surface area contributed by atoms with Crippen molar-refractivity contribution < 1.29 is 22.6 Å². The van der Waals surface area contributed by atoms with Gasteiger partial charge in [-0.15, -0.1) is 0 Å². The minimum absolute atomic E-state index is 0.220. The molecule has 0 spiro atoms. The molecule has 1 aromatic rings. The number of rotatable bonds is 3. The van der Waals surface area contributed by atoms with Crippen LogP contribution in [0.1, 0.15) is 0 Å². The molecule has 0 aliphatic rings. The monoisotopic (exact) mass is 192 g/mol. The van der Waals surface area contributed by atoms with Gasteiger partial charge in [0.2, 0.25) is 0 Å². The maximum absolute atomic E-state index is 12.8. The van der Waals surface area contributed by atoms with Gasteiger partial charge in [0.05, 0.1) is 0 Å². The molecule has 72 valence electrons. The van der Waals surface area contributed by atoms with Gasteiger partial charge in [-0.2, -0.15) is 0 Å². The van der Waals surface area contributed by atoms with Gasteiger partial charge in [0, 0.05) is 19.2 Å². The van der Waals surface area contributed by atoms with Crippen molar-refractivity contribution in [1.82, 2.24) is 0 Å². The maximum Gasteiger partial charge on any atom is 0.188 e. The van der Waals surface area contributed by atoms with Crippen LogP contribution in [0, 0.1) is 17.5 Å². The molecule has 1 rings (SSSR count). The molecule has 0 N–H and O–H groups in total. The molecule has 13 heavy (non-hydrogen) atoms. The Hall–Kier alpha value is -1.23.